The van der Waals surface area contributed by atoms with Gasteiger partial charge in [-0.1, -0.05) is 18.2 Å². The zero-order valence-corrected chi connectivity index (χ0v) is 12.5. The molecule has 0 saturated carbocycles. The van der Waals surface area contributed by atoms with Crippen LogP contribution in [0.1, 0.15) is 12.0 Å². The van der Waals surface area contributed by atoms with E-state index in [0.29, 0.717) is 0 Å². The highest BCUT2D eigenvalue weighted by molar-refractivity contribution is 6.66. The molecule has 4 nitrogen and oxygen atoms in total. The van der Waals surface area contributed by atoms with Crippen LogP contribution in [0.5, 0.6) is 0 Å². The zero-order valence-electron chi connectivity index (χ0n) is 12.5. The minimum Gasteiger partial charge on any atom is -0.376 e. The fourth-order valence-electron chi connectivity index (χ4n) is 3.37. The van der Waals surface area contributed by atoms with Crippen LogP contribution in [0.3, 0.4) is 0 Å². The maximum absolute atomic E-state index is 6.10. The van der Waals surface area contributed by atoms with Gasteiger partial charge in [-0.25, -0.2) is 9.38 Å². The Hall–Kier alpha value is -2.01. The molecule has 0 bridgehead atoms. The van der Waals surface area contributed by atoms with Crippen LogP contribution in [0.15, 0.2) is 42.6 Å². The largest absolute Gasteiger partial charge is 0.679 e. The molecule has 1 saturated heterocycles. The highest BCUT2D eigenvalue weighted by Crippen LogP contribution is 2.44. The minimum atomic E-state index is -0.0246. The van der Waals surface area contributed by atoms with Gasteiger partial charge in [0.15, 0.2) is 0 Å². The van der Waals surface area contributed by atoms with Crippen molar-refractivity contribution in [2.75, 3.05) is 22.8 Å². The first-order chi connectivity index (χ1) is 10.3. The fraction of sp³-hybridized carbons (Fsp3) is 0.312. The Balaban J connectivity index is 1.92. The van der Waals surface area contributed by atoms with Gasteiger partial charge in [-0.15, -0.1) is 0 Å². The minimum absolute atomic E-state index is 0.0246. The number of fused-ring (bicyclic) bond motifs is 3. The van der Waals surface area contributed by atoms with Crippen LogP contribution in [0.25, 0.3) is 0 Å². The Morgan fingerprint density at radius 3 is 2.95 bits per heavy atom. The summed E-state index contributed by atoms with van der Waals surface area (Å²) in [6, 6.07) is 12.8. The molecule has 4 rings (SSSR count). The van der Waals surface area contributed by atoms with Crippen LogP contribution in [-0.2, 0) is 11.7 Å². The third-order valence-electron chi connectivity index (χ3n) is 4.34. The number of aromatic nitrogens is 1. The van der Waals surface area contributed by atoms with Crippen LogP contribution in [0.4, 0.5) is 17.2 Å². The van der Waals surface area contributed by atoms with Crippen molar-refractivity contribution in [3.8, 4) is 0 Å². The number of anilines is 3. The number of benzene rings is 1. The second-order valence-corrected chi connectivity index (χ2v) is 5.73. The molecule has 0 spiro atoms. The Bertz CT molecular complexity index is 691. The van der Waals surface area contributed by atoms with Gasteiger partial charge in [0.05, 0.1) is 18.9 Å². The highest BCUT2D eigenvalue weighted by atomic mass is 16.5. The third-order valence-corrected chi connectivity index (χ3v) is 4.34. The first-order valence-electron chi connectivity index (χ1n) is 7.49. The lowest BCUT2D eigenvalue weighted by atomic mass is 9.93. The molecule has 0 radical (unpaired) electrons. The van der Waals surface area contributed by atoms with Crippen molar-refractivity contribution in [1.82, 2.24) is 0 Å². The number of hydrogen-bond acceptors (Lipinski definition) is 3. The average Bonchev–Trinajstić information content (AvgIpc) is 2.84. The fourth-order valence-corrected chi connectivity index (χ4v) is 3.37. The van der Waals surface area contributed by atoms with Crippen LogP contribution in [-0.4, -0.2) is 20.3 Å². The van der Waals surface area contributed by atoms with Gasteiger partial charge in [-0.05, 0) is 31.0 Å². The van der Waals surface area contributed by atoms with Gasteiger partial charge in [0, 0.05) is 19.2 Å². The molecular weight excluding hydrogens is 261 g/mol. The molecule has 0 aliphatic carbocycles. The predicted molar refractivity (Wildman–Crippen MR) is 84.6 cm³/mol. The van der Waals surface area contributed by atoms with E-state index < -0.39 is 0 Å². The van der Waals surface area contributed by atoms with Gasteiger partial charge in [0.1, 0.15) is 5.69 Å². The number of hydrogen-bond donors (Lipinski definition) is 0. The summed E-state index contributed by atoms with van der Waals surface area (Å²) in [5, 5.41) is 0. The van der Waals surface area contributed by atoms with E-state index in [2.05, 4.69) is 70.8 Å². The predicted octanol–water partition coefficient (Wildman–Crippen LogP) is 2.18. The van der Waals surface area contributed by atoms with Gasteiger partial charge in [0.2, 0.25) is 0 Å². The van der Waals surface area contributed by atoms with Crippen molar-refractivity contribution in [2.45, 2.75) is 13.3 Å². The molecule has 1 aromatic carbocycles. The van der Waals surface area contributed by atoms with Gasteiger partial charge < -0.3 is 9.47 Å². The summed E-state index contributed by atoms with van der Waals surface area (Å²) >= 11 is 0. The van der Waals surface area contributed by atoms with Crippen LogP contribution < -0.4 is 14.2 Å². The van der Waals surface area contributed by atoms with Crippen molar-refractivity contribution in [3.63, 3.8) is 0 Å². The third kappa shape index (κ3) is 1.84. The molecular formula is C16H19BN3O+. The second-order valence-electron chi connectivity index (χ2n) is 5.73. The van der Waals surface area contributed by atoms with E-state index in [0.717, 1.165) is 25.4 Å². The van der Waals surface area contributed by atoms with Crippen molar-refractivity contribution in [2.24, 2.45) is 7.05 Å². The first kappa shape index (κ1) is 12.7. The number of aryl methyl sites for hydroxylation is 2. The summed E-state index contributed by atoms with van der Waals surface area (Å²) in [4.78, 5) is 4.70. The molecule has 3 heterocycles. The molecule has 106 valence electrons. The number of para-hydroxylation sites is 1. The summed E-state index contributed by atoms with van der Waals surface area (Å²) in [5.74, 6) is 1.16. The van der Waals surface area contributed by atoms with Gasteiger partial charge in [-0.2, -0.15) is 0 Å². The molecule has 21 heavy (non-hydrogen) atoms. The smallest absolute Gasteiger partial charge is 0.376 e. The lowest BCUT2D eigenvalue weighted by Crippen LogP contribution is -2.54. The molecule has 2 aliphatic rings. The zero-order chi connectivity index (χ0) is 14.4. The molecule has 0 N–H and O–H groups in total. The van der Waals surface area contributed by atoms with Gasteiger partial charge >= 0.3 is 7.19 Å². The normalized spacial score (nSPS) is 17.0. The number of pyridine rings is 1. The lowest BCUT2D eigenvalue weighted by molar-refractivity contribution is -0.658. The van der Waals surface area contributed by atoms with Gasteiger partial charge in [-0.3, -0.25) is 0 Å². The van der Waals surface area contributed by atoms with E-state index in [1.54, 1.807) is 0 Å². The summed E-state index contributed by atoms with van der Waals surface area (Å²) < 4.78 is 8.25. The summed E-state index contributed by atoms with van der Waals surface area (Å²) in [7, 11) is 2.06. The van der Waals surface area contributed by atoms with E-state index in [4.69, 9.17) is 4.65 Å². The molecule has 5 heteroatoms. The summed E-state index contributed by atoms with van der Waals surface area (Å²) in [6.07, 6.45) is 3.16. The van der Waals surface area contributed by atoms with E-state index in [9.17, 15) is 0 Å². The maximum atomic E-state index is 6.10. The highest BCUT2D eigenvalue weighted by Gasteiger charge is 2.53. The first-order valence-corrected chi connectivity index (χ1v) is 7.49. The standard InChI is InChI=1S/C16H19BN3O/c1-13-7-5-8-14-16(13)20(15-9-3-4-10-18(15)2)17-19(14)11-6-12-21-17/h3-5,7-10H,6,11-12H2,1-2H3/q+1. The number of rotatable bonds is 1. The Morgan fingerprint density at radius 1 is 1.19 bits per heavy atom. The Labute approximate surface area is 125 Å². The van der Waals surface area contributed by atoms with Crippen molar-refractivity contribution < 1.29 is 9.22 Å². The van der Waals surface area contributed by atoms with Crippen molar-refractivity contribution in [1.29, 1.82) is 0 Å². The van der Waals surface area contributed by atoms with Crippen molar-refractivity contribution in [3.05, 3.63) is 48.2 Å². The lowest BCUT2D eigenvalue weighted by Gasteiger charge is -2.27. The summed E-state index contributed by atoms with van der Waals surface area (Å²) in [6.45, 7) is 4.04. The quantitative estimate of drug-likeness (QED) is 0.589. The SMILES string of the molecule is Cc1cccc2c1N(c1cccc[n+]1C)B1OCCCN12. The van der Waals surface area contributed by atoms with Crippen LogP contribution in [0, 0.1) is 6.92 Å². The molecule has 0 atom stereocenters. The van der Waals surface area contributed by atoms with Crippen LogP contribution in [0.2, 0.25) is 0 Å². The Morgan fingerprint density at radius 2 is 2.10 bits per heavy atom. The average molecular weight is 280 g/mol. The molecule has 0 unspecified atom stereocenters. The van der Waals surface area contributed by atoms with Crippen molar-refractivity contribution >= 4 is 24.4 Å². The Kier molecular flexibility index (Phi) is 2.89. The van der Waals surface area contributed by atoms with E-state index in [-0.39, 0.29) is 7.19 Å². The second kappa shape index (κ2) is 4.77. The van der Waals surface area contributed by atoms with E-state index >= 15 is 0 Å². The van der Waals surface area contributed by atoms with E-state index in [1.165, 1.54) is 16.9 Å². The van der Waals surface area contributed by atoms with E-state index in [1.807, 2.05) is 0 Å². The maximum Gasteiger partial charge on any atom is 0.679 e. The molecule has 2 aliphatic heterocycles. The molecule has 1 aromatic heterocycles. The summed E-state index contributed by atoms with van der Waals surface area (Å²) in [5.41, 5.74) is 3.84. The number of nitrogens with zero attached hydrogens (tertiary/aromatic N) is 3. The van der Waals surface area contributed by atoms with Crippen LogP contribution >= 0.6 is 0 Å². The molecule has 1 fully saturated rings. The topological polar surface area (TPSA) is 19.6 Å². The molecule has 0 amide bonds. The van der Waals surface area contributed by atoms with Gasteiger partial charge in [0.25, 0.3) is 5.82 Å². The monoisotopic (exact) mass is 280 g/mol. The molecule has 2 aromatic rings.